The van der Waals surface area contributed by atoms with Crippen molar-refractivity contribution in [3.63, 3.8) is 0 Å². The number of thioether (sulfide) groups is 1. The number of nitrogens with zero attached hydrogens (tertiary/aromatic N) is 1. The van der Waals surface area contributed by atoms with Crippen molar-refractivity contribution in [2.24, 2.45) is 0 Å². The summed E-state index contributed by atoms with van der Waals surface area (Å²) in [5.41, 5.74) is 2.06. The molecule has 1 N–H and O–H groups in total. The number of ether oxygens (including phenoxy) is 2. The van der Waals surface area contributed by atoms with Crippen LogP contribution in [0.5, 0.6) is 5.75 Å². The Morgan fingerprint density at radius 3 is 1.64 bits per heavy atom. The van der Waals surface area contributed by atoms with Crippen LogP contribution in [0.2, 0.25) is 0 Å². The van der Waals surface area contributed by atoms with Gasteiger partial charge in [-0.2, -0.15) is 0 Å². The molecule has 1 amide bonds. The number of nitro groups is 1. The number of nitrogens with one attached hydrogen (secondary N) is 1. The maximum absolute atomic E-state index is 13.5. The third-order valence-electron chi connectivity index (χ3n) is 6.25. The summed E-state index contributed by atoms with van der Waals surface area (Å²) in [5.74, 6) is -0.499. The third-order valence-corrected chi connectivity index (χ3v) is 7.89. The van der Waals surface area contributed by atoms with Gasteiger partial charge < -0.3 is 14.8 Å². The molecule has 9 heteroatoms. The summed E-state index contributed by atoms with van der Waals surface area (Å²) in [7, 11) is 0. The van der Waals surface area contributed by atoms with Crippen LogP contribution in [0.1, 0.15) is 37.5 Å². The fourth-order valence-corrected chi connectivity index (χ4v) is 5.96. The van der Waals surface area contributed by atoms with Crippen molar-refractivity contribution in [3.05, 3.63) is 142 Å². The van der Waals surface area contributed by atoms with Crippen LogP contribution in [-0.2, 0) is 14.3 Å². The van der Waals surface area contributed by atoms with Gasteiger partial charge in [0.25, 0.3) is 5.69 Å². The van der Waals surface area contributed by atoms with E-state index in [4.69, 9.17) is 9.47 Å². The lowest BCUT2D eigenvalue weighted by Crippen LogP contribution is -2.47. The van der Waals surface area contributed by atoms with E-state index in [-0.39, 0.29) is 17.2 Å². The van der Waals surface area contributed by atoms with Gasteiger partial charge in [0.2, 0.25) is 0 Å². The van der Waals surface area contributed by atoms with E-state index in [0.717, 1.165) is 16.7 Å². The van der Waals surface area contributed by atoms with E-state index < -0.39 is 33.4 Å². The van der Waals surface area contributed by atoms with E-state index in [2.05, 4.69) is 5.32 Å². The molecular formula is C33H32N2O6S. The Bertz CT molecular complexity index is 1390. The predicted molar refractivity (Wildman–Crippen MR) is 164 cm³/mol. The van der Waals surface area contributed by atoms with Crippen LogP contribution < -0.4 is 10.1 Å². The normalized spacial score (nSPS) is 12.2. The highest BCUT2D eigenvalue weighted by Gasteiger charge is 2.39. The van der Waals surface area contributed by atoms with Crippen LogP contribution in [0.4, 0.5) is 10.5 Å². The first-order chi connectivity index (χ1) is 20.1. The van der Waals surface area contributed by atoms with Crippen LogP contribution >= 0.6 is 11.8 Å². The van der Waals surface area contributed by atoms with Gasteiger partial charge in [0.05, 0.1) is 9.67 Å². The number of rotatable bonds is 10. The van der Waals surface area contributed by atoms with E-state index in [1.807, 2.05) is 91.0 Å². The topological polar surface area (TPSA) is 108 Å². The Kier molecular flexibility index (Phi) is 9.64. The smallest absolute Gasteiger partial charge is 0.408 e. The van der Waals surface area contributed by atoms with Crippen LogP contribution in [0.15, 0.2) is 115 Å². The molecule has 0 saturated carbocycles. The van der Waals surface area contributed by atoms with Crippen molar-refractivity contribution < 1.29 is 24.0 Å². The minimum Gasteiger partial charge on any atom is -0.444 e. The maximum Gasteiger partial charge on any atom is 0.408 e. The lowest BCUT2D eigenvalue weighted by molar-refractivity contribution is -0.384. The Morgan fingerprint density at radius 2 is 1.24 bits per heavy atom. The average Bonchev–Trinajstić information content (AvgIpc) is 2.98. The van der Waals surface area contributed by atoms with Crippen molar-refractivity contribution in [2.45, 2.75) is 37.2 Å². The zero-order chi connectivity index (χ0) is 30.2. The van der Waals surface area contributed by atoms with Crippen molar-refractivity contribution >= 4 is 29.5 Å². The van der Waals surface area contributed by atoms with Gasteiger partial charge >= 0.3 is 12.1 Å². The molecule has 0 fully saturated rings. The first-order valence-corrected chi connectivity index (χ1v) is 14.3. The van der Waals surface area contributed by atoms with Gasteiger partial charge in [-0.3, -0.25) is 10.1 Å². The van der Waals surface area contributed by atoms with Gasteiger partial charge in [-0.15, -0.1) is 11.8 Å². The fraction of sp³-hybridized carbons (Fsp3) is 0.212. The van der Waals surface area contributed by atoms with Gasteiger partial charge in [0.1, 0.15) is 17.4 Å². The van der Waals surface area contributed by atoms with Crippen LogP contribution in [0, 0.1) is 10.1 Å². The van der Waals surface area contributed by atoms with Crippen LogP contribution in [-0.4, -0.2) is 34.4 Å². The Morgan fingerprint density at radius 1 is 0.786 bits per heavy atom. The lowest BCUT2D eigenvalue weighted by Gasteiger charge is -2.36. The zero-order valence-electron chi connectivity index (χ0n) is 23.6. The van der Waals surface area contributed by atoms with E-state index in [1.54, 1.807) is 20.8 Å². The highest BCUT2D eigenvalue weighted by atomic mass is 32.2. The molecule has 4 aromatic carbocycles. The Labute approximate surface area is 249 Å². The van der Waals surface area contributed by atoms with Gasteiger partial charge in [0.15, 0.2) is 0 Å². The third kappa shape index (κ3) is 7.55. The lowest BCUT2D eigenvalue weighted by atomic mass is 9.84. The van der Waals surface area contributed by atoms with Gasteiger partial charge in [-0.25, -0.2) is 9.59 Å². The molecule has 4 aromatic rings. The molecule has 0 bridgehead atoms. The van der Waals surface area contributed by atoms with E-state index in [1.165, 1.54) is 36.0 Å². The number of alkyl carbamates (subject to hydrolysis) is 1. The fourth-order valence-electron chi connectivity index (χ4n) is 4.42. The van der Waals surface area contributed by atoms with Crippen molar-refractivity contribution in [1.29, 1.82) is 0 Å². The number of benzene rings is 4. The van der Waals surface area contributed by atoms with E-state index in [0.29, 0.717) is 0 Å². The minimum absolute atomic E-state index is 0.115. The number of hydrogen-bond acceptors (Lipinski definition) is 7. The second kappa shape index (κ2) is 13.4. The summed E-state index contributed by atoms with van der Waals surface area (Å²) in [4.78, 5) is 36.9. The highest BCUT2D eigenvalue weighted by Crippen LogP contribution is 2.48. The summed E-state index contributed by atoms with van der Waals surface area (Å²) in [6.45, 7) is 5.20. The molecule has 0 unspecified atom stereocenters. The molecule has 0 aromatic heterocycles. The summed E-state index contributed by atoms with van der Waals surface area (Å²) >= 11 is 1.48. The average molecular weight is 585 g/mol. The molecule has 0 aliphatic rings. The Hall–Kier alpha value is -4.63. The molecule has 0 saturated heterocycles. The molecule has 0 aliphatic heterocycles. The largest absolute Gasteiger partial charge is 0.444 e. The standard InChI is InChI=1S/C33H32N2O6S/c1-32(2,3)41-31(37)34-29(30(36)40-28-21-19-27(20-22-28)35(38)39)23-42-33(24-13-7-4-8-14-24,25-15-9-5-10-16-25)26-17-11-6-12-18-26/h4-22,29H,23H2,1-3H3,(H,34,37)/t29-/m1/s1. The van der Waals surface area contributed by atoms with Gasteiger partial charge in [0, 0.05) is 17.9 Å². The number of amides is 1. The number of carbonyl (C=O) groups is 2. The molecule has 8 nitrogen and oxygen atoms in total. The van der Waals surface area contributed by atoms with Gasteiger partial charge in [-0.05, 0) is 49.6 Å². The molecule has 4 rings (SSSR count). The second-order valence-corrected chi connectivity index (χ2v) is 11.7. The molecule has 0 heterocycles. The maximum atomic E-state index is 13.5. The first kappa shape index (κ1) is 30.3. The number of carbonyl (C=O) groups excluding carboxylic acids is 2. The first-order valence-electron chi connectivity index (χ1n) is 13.3. The summed E-state index contributed by atoms with van der Waals surface area (Å²) in [6, 6.07) is 34.0. The molecule has 0 radical (unpaired) electrons. The predicted octanol–water partition coefficient (Wildman–Crippen LogP) is 7.12. The monoisotopic (exact) mass is 584 g/mol. The van der Waals surface area contributed by atoms with Crippen molar-refractivity contribution in [2.75, 3.05) is 5.75 Å². The Balaban J connectivity index is 1.72. The van der Waals surface area contributed by atoms with Crippen molar-refractivity contribution in [1.82, 2.24) is 5.32 Å². The second-order valence-electron chi connectivity index (χ2n) is 10.5. The minimum atomic E-state index is -1.12. The number of hydrogen-bond donors (Lipinski definition) is 1. The summed E-state index contributed by atoms with van der Waals surface area (Å²) in [5, 5.41) is 13.7. The molecular weight excluding hydrogens is 552 g/mol. The molecule has 42 heavy (non-hydrogen) atoms. The quantitative estimate of drug-likeness (QED) is 0.0695. The van der Waals surface area contributed by atoms with E-state index >= 15 is 0 Å². The number of esters is 1. The molecule has 216 valence electrons. The molecule has 1 atom stereocenters. The molecule has 0 spiro atoms. The SMILES string of the molecule is CC(C)(C)OC(=O)N[C@H](CSC(c1ccccc1)(c1ccccc1)c1ccccc1)C(=O)Oc1ccc([N+](=O)[O-])cc1. The summed E-state index contributed by atoms with van der Waals surface area (Å²) in [6.07, 6.45) is -0.765. The van der Waals surface area contributed by atoms with E-state index in [9.17, 15) is 19.7 Å². The number of non-ortho nitro benzene ring substituents is 1. The van der Waals surface area contributed by atoms with Crippen LogP contribution in [0.25, 0.3) is 0 Å². The van der Waals surface area contributed by atoms with Crippen molar-refractivity contribution in [3.8, 4) is 5.75 Å². The molecule has 0 aliphatic carbocycles. The van der Waals surface area contributed by atoms with Crippen LogP contribution in [0.3, 0.4) is 0 Å². The number of nitro benzene ring substituents is 1. The highest BCUT2D eigenvalue weighted by molar-refractivity contribution is 8.00. The summed E-state index contributed by atoms with van der Waals surface area (Å²) < 4.78 is 10.3. The zero-order valence-corrected chi connectivity index (χ0v) is 24.4. The van der Waals surface area contributed by atoms with Gasteiger partial charge in [-0.1, -0.05) is 91.0 Å².